The van der Waals surface area contributed by atoms with Crippen molar-refractivity contribution in [2.45, 2.75) is 32.3 Å². The molecule has 0 radical (unpaired) electrons. The van der Waals surface area contributed by atoms with Crippen molar-refractivity contribution >= 4 is 0 Å². The number of aliphatic hydroxyl groups is 1. The molecule has 3 heteroatoms. The Labute approximate surface area is 79.3 Å². The van der Waals surface area contributed by atoms with Gasteiger partial charge in [0.05, 0.1) is 24.2 Å². The maximum absolute atomic E-state index is 9.77. The van der Waals surface area contributed by atoms with Crippen molar-refractivity contribution in [1.82, 2.24) is 0 Å². The van der Waals surface area contributed by atoms with Crippen LogP contribution in [-0.4, -0.2) is 24.9 Å². The van der Waals surface area contributed by atoms with E-state index in [1.165, 1.54) is 0 Å². The van der Waals surface area contributed by atoms with Crippen LogP contribution in [0, 0.1) is 22.7 Å². The van der Waals surface area contributed by atoms with Gasteiger partial charge in [-0.15, -0.1) is 0 Å². The van der Waals surface area contributed by atoms with E-state index in [2.05, 4.69) is 13.0 Å². The molecule has 13 heavy (non-hydrogen) atoms. The molecule has 3 atom stereocenters. The van der Waals surface area contributed by atoms with Crippen molar-refractivity contribution in [3.05, 3.63) is 0 Å². The zero-order valence-corrected chi connectivity index (χ0v) is 8.29. The lowest BCUT2D eigenvalue weighted by molar-refractivity contribution is -0.00196. The lowest BCUT2D eigenvalue weighted by Gasteiger charge is -2.26. The molecule has 1 saturated carbocycles. The number of aliphatic hydroxyl groups excluding tert-OH is 1. The fraction of sp³-hybridized carbons (Fsp3) is 0.900. The van der Waals surface area contributed by atoms with Crippen molar-refractivity contribution in [3.8, 4) is 6.07 Å². The Bertz CT molecular complexity index is 211. The molecule has 0 aromatic heterocycles. The van der Waals surface area contributed by atoms with Gasteiger partial charge < -0.3 is 9.84 Å². The topological polar surface area (TPSA) is 53.2 Å². The predicted molar refractivity (Wildman–Crippen MR) is 48.9 cm³/mol. The molecule has 1 fully saturated rings. The van der Waals surface area contributed by atoms with Gasteiger partial charge >= 0.3 is 0 Å². The highest BCUT2D eigenvalue weighted by atomic mass is 16.5. The number of ether oxygens (including phenoxy) is 1. The number of rotatable bonds is 3. The summed E-state index contributed by atoms with van der Waals surface area (Å²) in [5.74, 6) is 0.547. The van der Waals surface area contributed by atoms with Crippen molar-refractivity contribution in [1.29, 1.82) is 5.26 Å². The average molecular weight is 183 g/mol. The third-order valence-corrected chi connectivity index (χ3v) is 2.98. The van der Waals surface area contributed by atoms with Crippen molar-refractivity contribution < 1.29 is 9.84 Å². The fourth-order valence-corrected chi connectivity index (χ4v) is 2.13. The molecule has 0 amide bonds. The average Bonchev–Trinajstić information content (AvgIpc) is 2.49. The highest BCUT2D eigenvalue weighted by Crippen LogP contribution is 2.43. The van der Waals surface area contributed by atoms with Crippen LogP contribution in [0.5, 0.6) is 0 Å². The third-order valence-electron chi connectivity index (χ3n) is 2.98. The van der Waals surface area contributed by atoms with Crippen LogP contribution >= 0.6 is 0 Å². The molecule has 1 aliphatic rings. The highest BCUT2D eigenvalue weighted by molar-refractivity contribution is 5.07. The van der Waals surface area contributed by atoms with Gasteiger partial charge in [-0.05, 0) is 25.2 Å². The lowest BCUT2D eigenvalue weighted by Crippen LogP contribution is -2.35. The van der Waals surface area contributed by atoms with Gasteiger partial charge in [-0.1, -0.05) is 6.92 Å². The number of methoxy groups -OCH3 is 1. The van der Waals surface area contributed by atoms with Crippen LogP contribution in [0.2, 0.25) is 0 Å². The first-order chi connectivity index (χ1) is 6.14. The van der Waals surface area contributed by atoms with E-state index in [0.29, 0.717) is 5.92 Å². The number of nitrogens with zero attached hydrogens (tertiary/aromatic N) is 1. The van der Waals surface area contributed by atoms with Crippen LogP contribution in [0.15, 0.2) is 0 Å². The van der Waals surface area contributed by atoms with Crippen LogP contribution in [-0.2, 0) is 4.74 Å². The predicted octanol–water partition coefficient (Wildman–Crippen LogP) is 1.32. The molecule has 0 heterocycles. The minimum Gasteiger partial charge on any atom is -0.389 e. The summed E-state index contributed by atoms with van der Waals surface area (Å²) >= 11 is 0. The number of hydrogen-bond acceptors (Lipinski definition) is 3. The van der Waals surface area contributed by atoms with Crippen molar-refractivity contribution in [2.24, 2.45) is 11.3 Å². The normalized spacial score (nSPS) is 35.7. The molecule has 0 bridgehead atoms. The minimum atomic E-state index is -0.632. The quantitative estimate of drug-likeness (QED) is 0.718. The van der Waals surface area contributed by atoms with Crippen LogP contribution in [0.1, 0.15) is 26.2 Å². The zero-order valence-electron chi connectivity index (χ0n) is 8.29. The second-order valence-corrected chi connectivity index (χ2v) is 4.09. The van der Waals surface area contributed by atoms with E-state index in [1.54, 1.807) is 7.11 Å². The Morgan fingerprint density at radius 3 is 2.85 bits per heavy atom. The summed E-state index contributed by atoms with van der Waals surface area (Å²) in [6, 6.07) is 2.26. The minimum absolute atomic E-state index is 0.264. The smallest absolute Gasteiger partial charge is 0.0959 e. The maximum Gasteiger partial charge on any atom is 0.0959 e. The van der Waals surface area contributed by atoms with Crippen LogP contribution in [0.3, 0.4) is 0 Å². The molecule has 0 aromatic rings. The van der Waals surface area contributed by atoms with E-state index in [1.807, 2.05) is 0 Å². The first-order valence-corrected chi connectivity index (χ1v) is 4.73. The summed E-state index contributed by atoms with van der Waals surface area (Å²) < 4.78 is 4.88. The van der Waals surface area contributed by atoms with E-state index in [0.717, 1.165) is 19.3 Å². The molecule has 74 valence electrons. The van der Waals surface area contributed by atoms with E-state index in [4.69, 9.17) is 10.00 Å². The standard InChI is InChI=1S/C10H17NO2/c1-8-3-4-10(5-8,7-11)9(12)6-13-2/h8-9,12H,3-6H2,1-2H3. The molecule has 0 spiro atoms. The molecule has 1 N–H and O–H groups in total. The molecular formula is C10H17NO2. The second kappa shape index (κ2) is 4.08. The Kier molecular flexibility index (Phi) is 3.29. The Hall–Kier alpha value is -0.590. The van der Waals surface area contributed by atoms with E-state index >= 15 is 0 Å². The van der Waals surface area contributed by atoms with Gasteiger partial charge in [-0.3, -0.25) is 0 Å². The largest absolute Gasteiger partial charge is 0.389 e. The van der Waals surface area contributed by atoms with Crippen molar-refractivity contribution in [2.75, 3.05) is 13.7 Å². The molecule has 1 aliphatic carbocycles. The van der Waals surface area contributed by atoms with Crippen LogP contribution in [0.25, 0.3) is 0 Å². The van der Waals surface area contributed by atoms with E-state index in [-0.39, 0.29) is 6.61 Å². The van der Waals surface area contributed by atoms with Crippen LogP contribution < -0.4 is 0 Å². The Balaban J connectivity index is 2.66. The molecule has 0 aliphatic heterocycles. The molecule has 3 unspecified atom stereocenters. The summed E-state index contributed by atoms with van der Waals surface area (Å²) in [4.78, 5) is 0. The SMILES string of the molecule is COCC(O)C1(C#N)CCC(C)C1. The first-order valence-electron chi connectivity index (χ1n) is 4.73. The van der Waals surface area contributed by atoms with Gasteiger partial charge in [0.1, 0.15) is 0 Å². The fourth-order valence-electron chi connectivity index (χ4n) is 2.13. The highest BCUT2D eigenvalue weighted by Gasteiger charge is 2.43. The maximum atomic E-state index is 9.77. The van der Waals surface area contributed by atoms with Crippen molar-refractivity contribution in [3.63, 3.8) is 0 Å². The molecule has 3 nitrogen and oxygen atoms in total. The van der Waals surface area contributed by atoms with Gasteiger partial charge in [0.2, 0.25) is 0 Å². The van der Waals surface area contributed by atoms with Gasteiger partial charge in [0, 0.05) is 7.11 Å². The van der Waals surface area contributed by atoms with Crippen LogP contribution in [0.4, 0.5) is 0 Å². The first kappa shape index (κ1) is 10.5. The van der Waals surface area contributed by atoms with Gasteiger partial charge in [-0.2, -0.15) is 5.26 Å². The zero-order chi connectivity index (χ0) is 9.90. The van der Waals surface area contributed by atoms with Gasteiger partial charge in [0.15, 0.2) is 0 Å². The Morgan fingerprint density at radius 1 is 1.77 bits per heavy atom. The second-order valence-electron chi connectivity index (χ2n) is 4.09. The summed E-state index contributed by atoms with van der Waals surface area (Å²) in [6.45, 7) is 2.39. The molecule has 0 saturated heterocycles. The van der Waals surface area contributed by atoms with E-state index in [9.17, 15) is 5.11 Å². The third kappa shape index (κ3) is 2.01. The monoisotopic (exact) mass is 183 g/mol. The summed E-state index contributed by atoms with van der Waals surface area (Å²) in [5, 5.41) is 18.8. The molecular weight excluding hydrogens is 166 g/mol. The lowest BCUT2D eigenvalue weighted by atomic mass is 9.81. The Morgan fingerprint density at radius 2 is 2.46 bits per heavy atom. The summed E-state index contributed by atoms with van der Waals surface area (Å²) in [5.41, 5.74) is -0.546. The number of nitriles is 1. The molecule has 0 aromatic carbocycles. The van der Waals surface area contributed by atoms with Gasteiger partial charge in [0.25, 0.3) is 0 Å². The summed E-state index contributed by atoms with van der Waals surface area (Å²) in [7, 11) is 1.55. The molecule has 1 rings (SSSR count). The van der Waals surface area contributed by atoms with Gasteiger partial charge in [-0.25, -0.2) is 0 Å². The number of hydrogen-bond donors (Lipinski definition) is 1. The summed E-state index contributed by atoms with van der Waals surface area (Å²) in [6.07, 6.45) is 2.00. The van der Waals surface area contributed by atoms with E-state index < -0.39 is 11.5 Å².